The number of nitrogens with zero attached hydrogens (tertiary/aromatic N) is 4. The molecule has 0 radical (unpaired) electrons. The van der Waals surface area contributed by atoms with Gasteiger partial charge >= 0.3 is 0 Å². The van der Waals surface area contributed by atoms with Gasteiger partial charge in [-0.3, -0.25) is 9.59 Å². The van der Waals surface area contributed by atoms with E-state index in [9.17, 15) is 9.59 Å². The van der Waals surface area contributed by atoms with E-state index in [0.29, 0.717) is 26.1 Å². The van der Waals surface area contributed by atoms with Gasteiger partial charge in [-0.1, -0.05) is 12.1 Å². The maximum Gasteiger partial charge on any atom is 0.227 e. The number of carbonyl (C=O) groups is 2. The van der Waals surface area contributed by atoms with Gasteiger partial charge in [0.15, 0.2) is 0 Å². The van der Waals surface area contributed by atoms with Gasteiger partial charge in [0.1, 0.15) is 17.4 Å². The maximum absolute atomic E-state index is 13.0. The van der Waals surface area contributed by atoms with Crippen LogP contribution in [0.3, 0.4) is 0 Å². The van der Waals surface area contributed by atoms with Crippen LogP contribution in [-0.4, -0.2) is 65.4 Å². The Balaban J connectivity index is 1.53. The first-order valence-corrected chi connectivity index (χ1v) is 11.2. The number of aromatic nitrogens is 2. The molecule has 2 aromatic rings. The molecule has 0 bridgehead atoms. The number of likely N-dealkylation sites (tertiary alicyclic amines) is 1. The zero-order valence-corrected chi connectivity index (χ0v) is 19.1. The maximum atomic E-state index is 13.0. The summed E-state index contributed by atoms with van der Waals surface area (Å²) in [5, 5.41) is 3.22. The molecular formula is C24H31N5O3. The van der Waals surface area contributed by atoms with E-state index in [-0.39, 0.29) is 17.7 Å². The average molecular weight is 438 g/mol. The van der Waals surface area contributed by atoms with Crippen LogP contribution in [0.4, 0.5) is 5.82 Å². The highest BCUT2D eigenvalue weighted by molar-refractivity contribution is 5.79. The predicted molar refractivity (Wildman–Crippen MR) is 122 cm³/mol. The van der Waals surface area contributed by atoms with Crippen molar-refractivity contribution in [3.8, 4) is 5.75 Å². The lowest BCUT2D eigenvalue weighted by molar-refractivity contribution is -0.131. The van der Waals surface area contributed by atoms with Crippen molar-refractivity contribution in [2.75, 3.05) is 39.1 Å². The Labute approximate surface area is 189 Å². The second-order valence-corrected chi connectivity index (χ2v) is 8.50. The normalized spacial score (nSPS) is 18.2. The molecule has 1 atom stereocenters. The van der Waals surface area contributed by atoms with Gasteiger partial charge in [-0.05, 0) is 37.0 Å². The van der Waals surface area contributed by atoms with Crippen LogP contribution in [0, 0.1) is 0 Å². The Morgan fingerprint density at radius 2 is 2.06 bits per heavy atom. The number of fused-ring (bicyclic) bond motifs is 1. The van der Waals surface area contributed by atoms with E-state index in [2.05, 4.69) is 5.32 Å². The van der Waals surface area contributed by atoms with E-state index >= 15 is 0 Å². The molecule has 3 heterocycles. The Morgan fingerprint density at radius 3 is 2.81 bits per heavy atom. The van der Waals surface area contributed by atoms with Crippen molar-refractivity contribution in [2.45, 2.75) is 45.1 Å². The second-order valence-electron chi connectivity index (χ2n) is 8.50. The summed E-state index contributed by atoms with van der Waals surface area (Å²) in [5.41, 5.74) is 2.93. The zero-order chi connectivity index (χ0) is 22.7. The molecule has 8 nitrogen and oxygen atoms in total. The third-order valence-corrected chi connectivity index (χ3v) is 6.39. The van der Waals surface area contributed by atoms with Gasteiger partial charge in [0.25, 0.3) is 0 Å². The fraction of sp³-hybridized carbons (Fsp3) is 0.500. The molecule has 32 heavy (non-hydrogen) atoms. The number of carbonyl (C=O) groups excluding carboxylic acids is 2. The molecular weight excluding hydrogens is 406 g/mol. The molecule has 1 saturated heterocycles. The number of amides is 2. The van der Waals surface area contributed by atoms with Crippen LogP contribution in [0.15, 0.2) is 24.3 Å². The van der Waals surface area contributed by atoms with Crippen LogP contribution < -0.4 is 10.1 Å². The van der Waals surface area contributed by atoms with Crippen molar-refractivity contribution < 1.29 is 14.3 Å². The molecule has 0 spiro atoms. The van der Waals surface area contributed by atoms with Crippen LogP contribution in [0.2, 0.25) is 0 Å². The lowest BCUT2D eigenvalue weighted by Gasteiger charge is -2.33. The molecule has 170 valence electrons. The van der Waals surface area contributed by atoms with E-state index in [1.807, 2.05) is 41.1 Å². The number of ether oxygens (including phenoxy) is 1. The van der Waals surface area contributed by atoms with Crippen molar-refractivity contribution in [1.82, 2.24) is 19.8 Å². The van der Waals surface area contributed by atoms with Crippen LogP contribution in [0.1, 0.15) is 48.3 Å². The van der Waals surface area contributed by atoms with Gasteiger partial charge in [-0.15, -0.1) is 0 Å². The number of rotatable bonds is 5. The van der Waals surface area contributed by atoms with Crippen molar-refractivity contribution in [2.24, 2.45) is 0 Å². The Bertz CT molecular complexity index is 1010. The smallest absolute Gasteiger partial charge is 0.227 e. The molecule has 8 heteroatoms. The Morgan fingerprint density at radius 1 is 1.22 bits per heavy atom. The average Bonchev–Trinajstić information content (AvgIpc) is 2.83. The number of nitrogens with one attached hydrogen (secondary N) is 1. The predicted octanol–water partition coefficient (Wildman–Crippen LogP) is 2.38. The van der Waals surface area contributed by atoms with E-state index < -0.39 is 0 Å². The van der Waals surface area contributed by atoms with E-state index in [4.69, 9.17) is 14.7 Å². The third kappa shape index (κ3) is 4.69. The van der Waals surface area contributed by atoms with Crippen molar-refractivity contribution >= 4 is 17.6 Å². The van der Waals surface area contributed by atoms with Gasteiger partial charge in [0, 0.05) is 45.1 Å². The van der Waals surface area contributed by atoms with E-state index in [1.165, 1.54) is 0 Å². The largest absolute Gasteiger partial charge is 0.497 e. The molecule has 0 saturated carbocycles. The number of hydrogen-bond donors (Lipinski definition) is 1. The van der Waals surface area contributed by atoms with Crippen molar-refractivity contribution in [3.63, 3.8) is 0 Å². The summed E-state index contributed by atoms with van der Waals surface area (Å²) >= 11 is 0. The highest BCUT2D eigenvalue weighted by Crippen LogP contribution is 2.30. The molecule has 4 rings (SSSR count). The molecule has 2 aliphatic rings. The number of piperidine rings is 1. The molecule has 2 aliphatic heterocycles. The van der Waals surface area contributed by atoms with Crippen LogP contribution in [0.5, 0.6) is 5.75 Å². The SMILES string of the molecule is CNc1nc(C2CCCN(C(C)=O)C2)nc2c1CCN(C(=O)Cc1cccc(OC)c1)C2. The Hall–Kier alpha value is -3.16. The molecule has 1 unspecified atom stereocenters. The van der Waals surface area contributed by atoms with Crippen LogP contribution in [0.25, 0.3) is 0 Å². The highest BCUT2D eigenvalue weighted by atomic mass is 16.5. The molecule has 2 amide bonds. The number of benzene rings is 1. The Kier molecular flexibility index (Phi) is 6.58. The highest BCUT2D eigenvalue weighted by Gasteiger charge is 2.29. The summed E-state index contributed by atoms with van der Waals surface area (Å²) in [7, 11) is 3.50. The van der Waals surface area contributed by atoms with Crippen LogP contribution in [-0.2, 0) is 29.0 Å². The minimum atomic E-state index is 0.0792. The summed E-state index contributed by atoms with van der Waals surface area (Å²) in [4.78, 5) is 38.3. The molecule has 1 aromatic carbocycles. The van der Waals surface area contributed by atoms with Gasteiger partial charge in [0.2, 0.25) is 11.8 Å². The number of anilines is 1. The van der Waals surface area contributed by atoms with Crippen molar-refractivity contribution in [1.29, 1.82) is 0 Å². The summed E-state index contributed by atoms with van der Waals surface area (Å²) < 4.78 is 5.27. The lowest BCUT2D eigenvalue weighted by atomic mass is 9.96. The molecule has 1 fully saturated rings. The lowest BCUT2D eigenvalue weighted by Crippen LogP contribution is -2.40. The van der Waals surface area contributed by atoms with Crippen molar-refractivity contribution in [3.05, 3.63) is 46.9 Å². The molecule has 1 N–H and O–H groups in total. The first kappa shape index (κ1) is 22.0. The van der Waals surface area contributed by atoms with Gasteiger partial charge in [-0.25, -0.2) is 9.97 Å². The first-order valence-electron chi connectivity index (χ1n) is 11.2. The van der Waals surface area contributed by atoms with E-state index in [0.717, 1.165) is 60.0 Å². The van der Waals surface area contributed by atoms with Gasteiger partial charge in [0.05, 0.1) is 25.8 Å². The number of methoxy groups -OCH3 is 1. The van der Waals surface area contributed by atoms with Gasteiger partial charge < -0.3 is 19.9 Å². The molecule has 1 aromatic heterocycles. The minimum Gasteiger partial charge on any atom is -0.497 e. The fourth-order valence-electron chi connectivity index (χ4n) is 4.59. The second kappa shape index (κ2) is 9.54. The summed E-state index contributed by atoms with van der Waals surface area (Å²) in [5.74, 6) is 2.65. The van der Waals surface area contributed by atoms with Crippen LogP contribution >= 0.6 is 0 Å². The summed E-state index contributed by atoms with van der Waals surface area (Å²) in [6, 6.07) is 7.63. The zero-order valence-electron chi connectivity index (χ0n) is 19.1. The minimum absolute atomic E-state index is 0.0792. The standard InChI is InChI=1S/C24H31N5O3/c1-16(30)28-10-5-7-18(14-28)23-26-21-15-29(11-9-20(21)24(25-2)27-23)22(31)13-17-6-4-8-19(12-17)32-3/h4,6,8,12,18H,5,7,9-11,13-15H2,1-3H3,(H,25,26,27). The third-order valence-electron chi connectivity index (χ3n) is 6.39. The molecule has 0 aliphatic carbocycles. The quantitative estimate of drug-likeness (QED) is 0.773. The first-order chi connectivity index (χ1) is 15.5. The fourth-order valence-corrected chi connectivity index (χ4v) is 4.59. The number of hydrogen-bond acceptors (Lipinski definition) is 6. The monoisotopic (exact) mass is 437 g/mol. The summed E-state index contributed by atoms with van der Waals surface area (Å²) in [6.07, 6.45) is 2.97. The van der Waals surface area contributed by atoms with Gasteiger partial charge in [-0.2, -0.15) is 0 Å². The van der Waals surface area contributed by atoms with E-state index in [1.54, 1.807) is 14.0 Å². The summed E-state index contributed by atoms with van der Waals surface area (Å²) in [6.45, 7) is 4.18. The topological polar surface area (TPSA) is 87.7 Å².